The Morgan fingerprint density at radius 1 is 1.11 bits per heavy atom. The van der Waals surface area contributed by atoms with Crippen LogP contribution in [0.4, 0.5) is 5.88 Å². The summed E-state index contributed by atoms with van der Waals surface area (Å²) in [6.07, 6.45) is 4.36. The smallest absolute Gasteiger partial charge is 0.200 e. The average Bonchev–Trinajstić information content (AvgIpc) is 3.24. The molecular weight excluding hydrogens is 356 g/mol. The quantitative estimate of drug-likeness (QED) is 0.729. The highest BCUT2D eigenvalue weighted by atomic mass is 16.5. The van der Waals surface area contributed by atoms with E-state index in [9.17, 15) is 4.79 Å². The standard InChI is InChI=1S/C22H30N2O4/c1-2-5-18-20(27-15-10-23-8-3-4-9-23)7-6-17-19(25)16-21(28-22(17)18)24-11-13-26-14-12-24/h6-7,16H,2-5,8-15H2,1H3. The first-order valence-electron chi connectivity index (χ1n) is 10.5. The molecule has 3 heterocycles. The molecule has 6 nitrogen and oxygen atoms in total. The van der Waals surface area contributed by atoms with Crippen LogP contribution in [-0.2, 0) is 11.2 Å². The van der Waals surface area contributed by atoms with Crippen LogP contribution >= 0.6 is 0 Å². The summed E-state index contributed by atoms with van der Waals surface area (Å²) in [6.45, 7) is 8.87. The van der Waals surface area contributed by atoms with Gasteiger partial charge in [-0.1, -0.05) is 13.3 Å². The molecule has 2 saturated heterocycles. The minimum atomic E-state index is 0.00344. The molecule has 1 aromatic carbocycles. The normalized spacial score (nSPS) is 18.1. The summed E-state index contributed by atoms with van der Waals surface area (Å²) in [5.74, 6) is 1.48. The van der Waals surface area contributed by atoms with Gasteiger partial charge in [-0.15, -0.1) is 0 Å². The molecule has 2 fully saturated rings. The van der Waals surface area contributed by atoms with Crippen LogP contribution in [0.3, 0.4) is 0 Å². The largest absolute Gasteiger partial charge is 0.492 e. The molecule has 152 valence electrons. The van der Waals surface area contributed by atoms with Crippen LogP contribution in [0, 0.1) is 0 Å². The number of rotatable bonds is 7. The lowest BCUT2D eigenvalue weighted by molar-refractivity contribution is 0.121. The molecule has 28 heavy (non-hydrogen) atoms. The Hall–Kier alpha value is -2.05. The van der Waals surface area contributed by atoms with Crippen molar-refractivity contribution in [2.75, 3.05) is 57.4 Å². The van der Waals surface area contributed by atoms with Crippen LogP contribution in [0.15, 0.2) is 27.4 Å². The molecule has 6 heteroatoms. The van der Waals surface area contributed by atoms with E-state index >= 15 is 0 Å². The lowest BCUT2D eigenvalue weighted by atomic mass is 10.0. The fourth-order valence-electron chi connectivity index (χ4n) is 4.10. The molecule has 0 spiro atoms. The summed E-state index contributed by atoms with van der Waals surface area (Å²) in [6, 6.07) is 5.38. The molecular formula is C22H30N2O4. The van der Waals surface area contributed by atoms with E-state index < -0.39 is 0 Å². The summed E-state index contributed by atoms with van der Waals surface area (Å²) in [5.41, 5.74) is 1.69. The summed E-state index contributed by atoms with van der Waals surface area (Å²) in [4.78, 5) is 17.3. The number of likely N-dealkylation sites (tertiary alicyclic amines) is 1. The molecule has 0 saturated carbocycles. The second kappa shape index (κ2) is 8.97. The zero-order chi connectivity index (χ0) is 19.3. The van der Waals surface area contributed by atoms with Crippen molar-refractivity contribution in [2.45, 2.75) is 32.6 Å². The Balaban J connectivity index is 1.63. The van der Waals surface area contributed by atoms with Crippen LogP contribution in [0.25, 0.3) is 11.0 Å². The summed E-state index contributed by atoms with van der Waals surface area (Å²) < 4.78 is 17.8. The third kappa shape index (κ3) is 4.18. The van der Waals surface area contributed by atoms with Crippen LogP contribution in [0.2, 0.25) is 0 Å². The SMILES string of the molecule is CCCc1c(OCCN2CCCC2)ccc2c(=O)cc(N3CCOCC3)oc12. The Morgan fingerprint density at radius 2 is 1.89 bits per heavy atom. The zero-order valence-electron chi connectivity index (χ0n) is 16.7. The Labute approximate surface area is 166 Å². The number of fused-ring (bicyclic) bond motifs is 1. The van der Waals surface area contributed by atoms with Gasteiger partial charge in [0.25, 0.3) is 0 Å². The second-order valence-corrected chi connectivity index (χ2v) is 7.61. The van der Waals surface area contributed by atoms with Crippen LogP contribution in [0.5, 0.6) is 5.75 Å². The van der Waals surface area contributed by atoms with Gasteiger partial charge in [-0.25, -0.2) is 0 Å². The maximum atomic E-state index is 12.7. The molecule has 2 aliphatic rings. The maximum absolute atomic E-state index is 12.7. The van der Waals surface area contributed by atoms with E-state index in [4.69, 9.17) is 13.9 Å². The molecule has 1 aromatic heterocycles. The van der Waals surface area contributed by atoms with Crippen LogP contribution < -0.4 is 15.1 Å². The van der Waals surface area contributed by atoms with E-state index in [1.165, 1.54) is 25.9 Å². The van der Waals surface area contributed by atoms with Gasteiger partial charge >= 0.3 is 0 Å². The Morgan fingerprint density at radius 3 is 2.64 bits per heavy atom. The number of aryl methyl sites for hydroxylation is 1. The summed E-state index contributed by atoms with van der Waals surface area (Å²) in [5, 5.41) is 0.632. The topological polar surface area (TPSA) is 55.2 Å². The van der Waals surface area contributed by atoms with Gasteiger partial charge in [-0.3, -0.25) is 9.69 Å². The third-order valence-corrected chi connectivity index (χ3v) is 5.63. The van der Waals surface area contributed by atoms with Gasteiger partial charge in [0.15, 0.2) is 11.3 Å². The predicted molar refractivity (Wildman–Crippen MR) is 111 cm³/mol. The van der Waals surface area contributed by atoms with Gasteiger partial charge in [0.05, 0.1) is 18.6 Å². The van der Waals surface area contributed by atoms with E-state index in [2.05, 4.69) is 16.7 Å². The predicted octanol–water partition coefficient (Wildman–Crippen LogP) is 3.06. The molecule has 0 bridgehead atoms. The summed E-state index contributed by atoms with van der Waals surface area (Å²) >= 11 is 0. The monoisotopic (exact) mass is 386 g/mol. The van der Waals surface area contributed by atoms with Gasteiger partial charge in [-0.05, 0) is 44.5 Å². The number of benzene rings is 1. The molecule has 0 radical (unpaired) electrons. The maximum Gasteiger partial charge on any atom is 0.200 e. The van der Waals surface area contributed by atoms with Gasteiger partial charge in [0.2, 0.25) is 0 Å². The highest BCUT2D eigenvalue weighted by Gasteiger charge is 2.19. The van der Waals surface area contributed by atoms with Crippen molar-refractivity contribution < 1.29 is 13.9 Å². The molecule has 2 aromatic rings. The average molecular weight is 386 g/mol. The number of hydrogen-bond acceptors (Lipinski definition) is 6. The van der Waals surface area contributed by atoms with E-state index in [-0.39, 0.29) is 5.43 Å². The van der Waals surface area contributed by atoms with Crippen LogP contribution in [0.1, 0.15) is 31.7 Å². The number of nitrogens with zero attached hydrogens (tertiary/aromatic N) is 2. The first-order valence-corrected chi connectivity index (χ1v) is 10.5. The molecule has 0 atom stereocenters. The molecule has 2 aliphatic heterocycles. The second-order valence-electron chi connectivity index (χ2n) is 7.61. The first-order chi connectivity index (χ1) is 13.8. The number of ether oxygens (including phenoxy) is 2. The van der Waals surface area contributed by atoms with E-state index in [1.807, 2.05) is 12.1 Å². The highest BCUT2D eigenvalue weighted by molar-refractivity contribution is 5.83. The molecule has 4 rings (SSSR count). The molecule has 0 N–H and O–H groups in total. The molecule has 0 unspecified atom stereocenters. The van der Waals surface area contributed by atoms with Crippen molar-refractivity contribution in [1.29, 1.82) is 0 Å². The van der Waals surface area contributed by atoms with Gasteiger partial charge < -0.3 is 18.8 Å². The van der Waals surface area contributed by atoms with Gasteiger partial charge in [0, 0.05) is 31.3 Å². The van der Waals surface area contributed by atoms with Gasteiger partial charge in [-0.2, -0.15) is 0 Å². The fraction of sp³-hybridized carbons (Fsp3) is 0.591. The number of morpholine rings is 1. The van der Waals surface area contributed by atoms with Crippen LogP contribution in [-0.4, -0.2) is 57.4 Å². The number of hydrogen-bond donors (Lipinski definition) is 0. The van der Waals surface area contributed by atoms with E-state index in [0.717, 1.165) is 43.8 Å². The van der Waals surface area contributed by atoms with E-state index in [1.54, 1.807) is 6.07 Å². The molecule has 0 aliphatic carbocycles. The highest BCUT2D eigenvalue weighted by Crippen LogP contribution is 2.31. The van der Waals surface area contributed by atoms with E-state index in [0.29, 0.717) is 36.7 Å². The van der Waals surface area contributed by atoms with Crippen molar-refractivity contribution in [2.24, 2.45) is 0 Å². The minimum absolute atomic E-state index is 0.00344. The van der Waals surface area contributed by atoms with Crippen molar-refractivity contribution in [3.63, 3.8) is 0 Å². The lowest BCUT2D eigenvalue weighted by Gasteiger charge is -2.27. The third-order valence-electron chi connectivity index (χ3n) is 5.63. The van der Waals surface area contributed by atoms with Crippen molar-refractivity contribution >= 4 is 16.9 Å². The van der Waals surface area contributed by atoms with Crippen molar-refractivity contribution in [3.05, 3.63) is 34.0 Å². The lowest BCUT2D eigenvalue weighted by Crippen LogP contribution is -2.36. The zero-order valence-corrected chi connectivity index (χ0v) is 16.7. The fourth-order valence-corrected chi connectivity index (χ4v) is 4.10. The number of anilines is 1. The van der Waals surface area contributed by atoms with Crippen molar-refractivity contribution in [1.82, 2.24) is 4.90 Å². The Kier molecular flexibility index (Phi) is 6.17. The Bertz CT molecular complexity index is 851. The minimum Gasteiger partial charge on any atom is -0.492 e. The summed E-state index contributed by atoms with van der Waals surface area (Å²) in [7, 11) is 0. The first kappa shape index (κ1) is 19.3. The van der Waals surface area contributed by atoms with Gasteiger partial charge in [0.1, 0.15) is 17.9 Å². The van der Waals surface area contributed by atoms with Crippen molar-refractivity contribution in [3.8, 4) is 5.75 Å². The molecule has 0 amide bonds.